The van der Waals surface area contributed by atoms with E-state index in [4.69, 9.17) is 5.73 Å². The predicted octanol–water partition coefficient (Wildman–Crippen LogP) is 2.90. The molecule has 0 saturated carbocycles. The van der Waals surface area contributed by atoms with E-state index in [9.17, 15) is 0 Å². The molecule has 0 aromatic carbocycles. The molecule has 2 rings (SSSR count). The highest BCUT2D eigenvalue weighted by molar-refractivity contribution is 9.10. The van der Waals surface area contributed by atoms with Crippen molar-refractivity contribution >= 4 is 33.1 Å². The van der Waals surface area contributed by atoms with Crippen molar-refractivity contribution in [2.75, 3.05) is 5.73 Å². The Balaban J connectivity index is 2.14. The molecule has 3 nitrogen and oxygen atoms in total. The SMILES string of the molecule is CCc1ccc(Cn2cc(Br)c(N)n2)s1. The molecule has 0 unspecified atom stereocenters. The number of halogens is 1. The van der Waals surface area contributed by atoms with Gasteiger partial charge in [0.1, 0.15) is 0 Å². The van der Waals surface area contributed by atoms with E-state index >= 15 is 0 Å². The molecular formula is C10H12BrN3S. The maximum atomic E-state index is 5.65. The third-order valence-electron chi connectivity index (χ3n) is 2.13. The highest BCUT2D eigenvalue weighted by atomic mass is 79.9. The topological polar surface area (TPSA) is 43.8 Å². The lowest BCUT2D eigenvalue weighted by Gasteiger charge is -1.96. The fraction of sp³-hybridized carbons (Fsp3) is 0.300. The summed E-state index contributed by atoms with van der Waals surface area (Å²) in [4.78, 5) is 2.71. The van der Waals surface area contributed by atoms with E-state index < -0.39 is 0 Å². The van der Waals surface area contributed by atoms with Crippen molar-refractivity contribution in [1.29, 1.82) is 0 Å². The van der Waals surface area contributed by atoms with Crippen molar-refractivity contribution in [2.24, 2.45) is 0 Å². The molecule has 0 fully saturated rings. The van der Waals surface area contributed by atoms with Crippen LogP contribution < -0.4 is 5.73 Å². The quantitative estimate of drug-likeness (QED) is 0.942. The summed E-state index contributed by atoms with van der Waals surface area (Å²) in [6, 6.07) is 4.32. The van der Waals surface area contributed by atoms with Gasteiger partial charge in [-0.2, -0.15) is 5.10 Å². The van der Waals surface area contributed by atoms with Gasteiger partial charge < -0.3 is 5.73 Å². The van der Waals surface area contributed by atoms with E-state index in [0.717, 1.165) is 17.4 Å². The second-order valence-corrected chi connectivity index (χ2v) is 5.39. The van der Waals surface area contributed by atoms with Gasteiger partial charge in [-0.1, -0.05) is 6.92 Å². The summed E-state index contributed by atoms with van der Waals surface area (Å²) in [5.41, 5.74) is 5.65. The van der Waals surface area contributed by atoms with Gasteiger partial charge in [0.25, 0.3) is 0 Å². The molecule has 0 aliphatic heterocycles. The average Bonchev–Trinajstić information content (AvgIpc) is 2.76. The number of nitrogens with two attached hydrogens (primary N) is 1. The number of rotatable bonds is 3. The fourth-order valence-electron chi connectivity index (χ4n) is 1.35. The van der Waals surface area contributed by atoms with Gasteiger partial charge in [0.2, 0.25) is 0 Å². The van der Waals surface area contributed by atoms with Crippen LogP contribution in [0.25, 0.3) is 0 Å². The maximum Gasteiger partial charge on any atom is 0.159 e. The third-order valence-corrected chi connectivity index (χ3v) is 3.95. The number of aryl methyl sites for hydroxylation is 1. The van der Waals surface area contributed by atoms with E-state index in [1.54, 1.807) is 0 Å². The van der Waals surface area contributed by atoms with Gasteiger partial charge in [-0.05, 0) is 34.5 Å². The molecule has 0 saturated heterocycles. The molecule has 2 aromatic heterocycles. The number of nitrogen functional groups attached to an aromatic ring is 1. The van der Waals surface area contributed by atoms with Crippen LogP contribution in [-0.2, 0) is 13.0 Å². The molecule has 5 heteroatoms. The number of hydrogen-bond acceptors (Lipinski definition) is 3. The molecule has 2 aromatic rings. The van der Waals surface area contributed by atoms with E-state index in [2.05, 4.69) is 40.1 Å². The van der Waals surface area contributed by atoms with Gasteiger partial charge >= 0.3 is 0 Å². The van der Waals surface area contributed by atoms with E-state index in [-0.39, 0.29) is 0 Å². The fourth-order valence-corrected chi connectivity index (χ4v) is 2.62. The lowest BCUT2D eigenvalue weighted by molar-refractivity contribution is 0.698. The number of thiophene rings is 1. The molecule has 0 amide bonds. The van der Waals surface area contributed by atoms with Crippen molar-refractivity contribution < 1.29 is 0 Å². The first-order valence-electron chi connectivity index (χ1n) is 4.75. The highest BCUT2D eigenvalue weighted by Crippen LogP contribution is 2.20. The van der Waals surface area contributed by atoms with Crippen molar-refractivity contribution in [3.05, 3.63) is 32.6 Å². The summed E-state index contributed by atoms with van der Waals surface area (Å²) in [6.45, 7) is 2.96. The third kappa shape index (κ3) is 2.41. The van der Waals surface area contributed by atoms with Gasteiger partial charge in [-0.3, -0.25) is 4.68 Å². The van der Waals surface area contributed by atoms with Crippen LogP contribution in [0.2, 0.25) is 0 Å². The Morgan fingerprint density at radius 1 is 1.47 bits per heavy atom. The minimum atomic E-state index is 0.544. The van der Waals surface area contributed by atoms with Crippen molar-refractivity contribution in [3.63, 3.8) is 0 Å². The molecular weight excluding hydrogens is 274 g/mol. The normalized spacial score (nSPS) is 10.8. The average molecular weight is 286 g/mol. The second kappa shape index (κ2) is 4.37. The van der Waals surface area contributed by atoms with Gasteiger partial charge in [-0.15, -0.1) is 11.3 Å². The van der Waals surface area contributed by atoms with Gasteiger partial charge in [-0.25, -0.2) is 0 Å². The molecule has 2 heterocycles. The Morgan fingerprint density at radius 2 is 2.20 bits per heavy atom. The lowest BCUT2D eigenvalue weighted by Crippen LogP contribution is -1.99. The standard InChI is InChI=1S/C10H12BrN3S/c1-2-7-3-4-8(15-7)5-14-6-9(11)10(12)13-14/h3-4,6H,2,5H2,1H3,(H2,12,13). The molecule has 0 atom stereocenters. The van der Waals surface area contributed by atoms with Crippen molar-refractivity contribution in [3.8, 4) is 0 Å². The van der Waals surface area contributed by atoms with Crippen LogP contribution in [-0.4, -0.2) is 9.78 Å². The monoisotopic (exact) mass is 285 g/mol. The summed E-state index contributed by atoms with van der Waals surface area (Å²) in [5.74, 6) is 0.544. The molecule has 80 valence electrons. The van der Waals surface area contributed by atoms with Crippen LogP contribution >= 0.6 is 27.3 Å². The molecule has 0 aliphatic carbocycles. The zero-order valence-corrected chi connectivity index (χ0v) is 10.8. The second-order valence-electron chi connectivity index (χ2n) is 3.28. The van der Waals surface area contributed by atoms with E-state index in [0.29, 0.717) is 5.82 Å². The van der Waals surface area contributed by atoms with Crippen molar-refractivity contribution in [2.45, 2.75) is 19.9 Å². The Bertz CT molecular complexity index is 441. The van der Waals surface area contributed by atoms with Crippen LogP contribution in [0, 0.1) is 0 Å². The first-order valence-corrected chi connectivity index (χ1v) is 6.36. The van der Waals surface area contributed by atoms with Crippen LogP contribution in [0.5, 0.6) is 0 Å². The number of nitrogens with zero attached hydrogens (tertiary/aromatic N) is 2. The minimum absolute atomic E-state index is 0.544. The summed E-state index contributed by atoms with van der Waals surface area (Å²) in [6.07, 6.45) is 3.00. The summed E-state index contributed by atoms with van der Waals surface area (Å²) in [7, 11) is 0. The molecule has 2 N–H and O–H groups in total. The van der Waals surface area contributed by atoms with Crippen LogP contribution in [0.4, 0.5) is 5.82 Å². The van der Waals surface area contributed by atoms with Crippen molar-refractivity contribution in [1.82, 2.24) is 9.78 Å². The Labute approximate surface area is 101 Å². The Morgan fingerprint density at radius 3 is 2.73 bits per heavy atom. The zero-order chi connectivity index (χ0) is 10.8. The minimum Gasteiger partial charge on any atom is -0.381 e. The number of hydrogen-bond donors (Lipinski definition) is 1. The van der Waals surface area contributed by atoms with Crippen LogP contribution in [0.15, 0.2) is 22.8 Å². The van der Waals surface area contributed by atoms with E-state index in [1.165, 1.54) is 9.75 Å². The number of anilines is 1. The van der Waals surface area contributed by atoms with Crippen LogP contribution in [0.3, 0.4) is 0 Å². The first-order chi connectivity index (χ1) is 7.19. The predicted molar refractivity (Wildman–Crippen MR) is 67.1 cm³/mol. The smallest absolute Gasteiger partial charge is 0.159 e. The largest absolute Gasteiger partial charge is 0.381 e. The maximum absolute atomic E-state index is 5.65. The van der Waals surface area contributed by atoms with E-state index in [1.807, 2.05) is 22.2 Å². The molecule has 0 spiro atoms. The Hall–Kier alpha value is -0.810. The summed E-state index contributed by atoms with van der Waals surface area (Å²) in [5, 5.41) is 4.19. The van der Waals surface area contributed by atoms with Gasteiger partial charge in [0, 0.05) is 16.0 Å². The molecule has 0 radical (unpaired) electrons. The zero-order valence-electron chi connectivity index (χ0n) is 8.40. The van der Waals surface area contributed by atoms with Gasteiger partial charge in [0.15, 0.2) is 5.82 Å². The van der Waals surface area contributed by atoms with Gasteiger partial charge in [0.05, 0.1) is 11.0 Å². The summed E-state index contributed by atoms with van der Waals surface area (Å²) >= 11 is 5.17. The Kier molecular flexibility index (Phi) is 3.11. The number of aromatic nitrogens is 2. The molecule has 0 aliphatic rings. The highest BCUT2D eigenvalue weighted by Gasteiger charge is 2.04. The van der Waals surface area contributed by atoms with Crippen LogP contribution in [0.1, 0.15) is 16.7 Å². The molecule has 15 heavy (non-hydrogen) atoms. The summed E-state index contributed by atoms with van der Waals surface area (Å²) < 4.78 is 2.71. The lowest BCUT2D eigenvalue weighted by atomic mass is 10.4. The molecule has 0 bridgehead atoms. The first kappa shape index (κ1) is 10.7.